The van der Waals surface area contributed by atoms with Crippen LogP contribution < -0.4 is 9.64 Å². The maximum absolute atomic E-state index is 14.4. The molecule has 0 heterocycles. The standard InChI is InChI=1S/C22H23F4NO3/c1-4-13-27(17-9-11-18(29-3)12-10-17)19(28)14-30-21(23)20(22(24,25)26)16-7-5-15(2)6-8-16/h5-12H,4,13-14H2,1-3H3/b21-20+. The summed E-state index contributed by atoms with van der Waals surface area (Å²) in [6.45, 7) is 2.96. The number of methoxy groups -OCH3 is 1. The molecule has 8 heteroatoms. The van der Waals surface area contributed by atoms with Gasteiger partial charge < -0.3 is 14.4 Å². The first-order valence-electron chi connectivity index (χ1n) is 9.28. The molecule has 1 amide bonds. The van der Waals surface area contributed by atoms with Crippen molar-refractivity contribution in [3.8, 4) is 5.75 Å². The Morgan fingerprint density at radius 1 is 1.03 bits per heavy atom. The number of anilines is 1. The highest BCUT2D eigenvalue weighted by atomic mass is 19.4. The molecular weight excluding hydrogens is 402 g/mol. The van der Waals surface area contributed by atoms with Crippen LogP contribution in [0.5, 0.6) is 5.75 Å². The summed E-state index contributed by atoms with van der Waals surface area (Å²) in [5.74, 6) is -0.0802. The minimum Gasteiger partial charge on any atom is -0.497 e. The van der Waals surface area contributed by atoms with E-state index < -0.39 is 30.3 Å². The van der Waals surface area contributed by atoms with E-state index in [0.29, 0.717) is 24.4 Å². The molecule has 0 aromatic heterocycles. The van der Waals surface area contributed by atoms with Gasteiger partial charge in [-0.2, -0.15) is 17.6 Å². The molecule has 0 unspecified atom stereocenters. The molecular formula is C22H23F4NO3. The SMILES string of the molecule is CCCN(C(=O)CO/C(F)=C(\c1ccc(C)cc1)C(F)(F)F)c1ccc(OC)cc1. The van der Waals surface area contributed by atoms with Crippen LogP contribution >= 0.6 is 0 Å². The molecule has 0 N–H and O–H groups in total. The molecule has 162 valence electrons. The third-order valence-electron chi connectivity index (χ3n) is 4.27. The number of ether oxygens (including phenoxy) is 2. The van der Waals surface area contributed by atoms with Crippen LogP contribution in [-0.2, 0) is 9.53 Å². The van der Waals surface area contributed by atoms with E-state index in [-0.39, 0.29) is 5.56 Å². The second-order valence-corrected chi connectivity index (χ2v) is 6.54. The average molecular weight is 425 g/mol. The number of allylic oxidation sites excluding steroid dienone is 1. The zero-order chi connectivity index (χ0) is 22.3. The van der Waals surface area contributed by atoms with E-state index in [2.05, 4.69) is 4.74 Å². The maximum Gasteiger partial charge on any atom is 0.422 e. The van der Waals surface area contributed by atoms with Gasteiger partial charge >= 0.3 is 6.18 Å². The van der Waals surface area contributed by atoms with Gasteiger partial charge in [-0.25, -0.2) is 0 Å². The second-order valence-electron chi connectivity index (χ2n) is 6.54. The number of halogens is 4. The van der Waals surface area contributed by atoms with Crippen LogP contribution in [0.15, 0.2) is 54.5 Å². The number of carbonyl (C=O) groups is 1. The summed E-state index contributed by atoms with van der Waals surface area (Å²) < 4.78 is 64.4. The molecule has 2 aromatic rings. The first kappa shape index (κ1) is 23.3. The van der Waals surface area contributed by atoms with Crippen molar-refractivity contribution in [2.75, 3.05) is 25.2 Å². The lowest BCUT2D eigenvalue weighted by atomic mass is 10.0. The van der Waals surface area contributed by atoms with E-state index in [1.165, 1.54) is 24.1 Å². The lowest BCUT2D eigenvalue weighted by molar-refractivity contribution is -0.123. The summed E-state index contributed by atoms with van der Waals surface area (Å²) in [7, 11) is 1.50. The van der Waals surface area contributed by atoms with Crippen LogP contribution in [-0.4, -0.2) is 32.3 Å². The summed E-state index contributed by atoms with van der Waals surface area (Å²) >= 11 is 0. The van der Waals surface area contributed by atoms with Gasteiger partial charge in [0.25, 0.3) is 11.9 Å². The quantitative estimate of drug-likeness (QED) is 0.404. The summed E-state index contributed by atoms with van der Waals surface area (Å²) in [4.78, 5) is 13.9. The van der Waals surface area contributed by atoms with Crippen LogP contribution in [0, 0.1) is 6.92 Å². The predicted molar refractivity (Wildman–Crippen MR) is 107 cm³/mol. The zero-order valence-corrected chi connectivity index (χ0v) is 16.9. The fourth-order valence-corrected chi connectivity index (χ4v) is 2.77. The normalized spacial score (nSPS) is 12.2. The van der Waals surface area contributed by atoms with E-state index in [0.717, 1.165) is 17.7 Å². The molecule has 0 aliphatic rings. The van der Waals surface area contributed by atoms with Crippen LogP contribution in [0.3, 0.4) is 0 Å². The Morgan fingerprint density at radius 2 is 1.63 bits per heavy atom. The van der Waals surface area contributed by atoms with Gasteiger partial charge in [-0.05, 0) is 43.2 Å². The maximum atomic E-state index is 14.4. The van der Waals surface area contributed by atoms with Crippen LogP contribution in [0.2, 0.25) is 0 Å². The summed E-state index contributed by atoms with van der Waals surface area (Å²) in [5.41, 5.74) is -0.697. The first-order valence-corrected chi connectivity index (χ1v) is 9.28. The van der Waals surface area contributed by atoms with E-state index in [4.69, 9.17) is 4.74 Å². The fraction of sp³-hybridized carbons (Fsp3) is 0.318. The minimum absolute atomic E-state index is 0.296. The lowest BCUT2D eigenvalue weighted by Crippen LogP contribution is -2.34. The van der Waals surface area contributed by atoms with Gasteiger partial charge in [0, 0.05) is 12.2 Å². The number of nitrogens with zero attached hydrogens (tertiary/aromatic N) is 1. The molecule has 0 atom stereocenters. The smallest absolute Gasteiger partial charge is 0.422 e. The van der Waals surface area contributed by atoms with Gasteiger partial charge in [-0.1, -0.05) is 36.8 Å². The Bertz CT molecular complexity index is 875. The van der Waals surface area contributed by atoms with Crippen LogP contribution in [0.1, 0.15) is 24.5 Å². The molecule has 0 spiro atoms. The molecule has 0 saturated heterocycles. The van der Waals surface area contributed by atoms with E-state index in [9.17, 15) is 22.4 Å². The Labute approximate surface area is 172 Å². The van der Waals surface area contributed by atoms with E-state index in [1.807, 2.05) is 6.92 Å². The van der Waals surface area contributed by atoms with Gasteiger partial charge in [-0.15, -0.1) is 0 Å². The number of benzene rings is 2. The average Bonchev–Trinajstić information content (AvgIpc) is 2.71. The first-order chi connectivity index (χ1) is 14.2. The number of alkyl halides is 3. The molecule has 2 aromatic carbocycles. The molecule has 0 saturated carbocycles. The molecule has 0 fully saturated rings. The Morgan fingerprint density at radius 3 is 2.13 bits per heavy atom. The summed E-state index contributed by atoms with van der Waals surface area (Å²) in [6.07, 6.45) is -4.39. The van der Waals surface area contributed by atoms with Crippen molar-refractivity contribution in [3.05, 3.63) is 65.7 Å². The third-order valence-corrected chi connectivity index (χ3v) is 4.27. The molecule has 0 radical (unpaired) electrons. The Balaban J connectivity index is 2.23. The van der Waals surface area contributed by atoms with Crippen molar-refractivity contribution >= 4 is 17.2 Å². The van der Waals surface area contributed by atoms with Gasteiger partial charge in [0.1, 0.15) is 11.3 Å². The fourth-order valence-electron chi connectivity index (χ4n) is 2.77. The second kappa shape index (κ2) is 10.1. The number of aryl methyl sites for hydroxylation is 1. The number of hydrogen-bond donors (Lipinski definition) is 0. The highest BCUT2D eigenvalue weighted by molar-refractivity contribution is 5.94. The Kier molecular flexibility index (Phi) is 7.86. The molecule has 30 heavy (non-hydrogen) atoms. The predicted octanol–water partition coefficient (Wildman–Crippen LogP) is 5.66. The molecule has 4 nitrogen and oxygen atoms in total. The number of hydrogen-bond acceptors (Lipinski definition) is 3. The lowest BCUT2D eigenvalue weighted by Gasteiger charge is -2.22. The van der Waals surface area contributed by atoms with Crippen LogP contribution in [0.4, 0.5) is 23.2 Å². The van der Waals surface area contributed by atoms with Gasteiger partial charge in [-0.3, -0.25) is 4.79 Å². The van der Waals surface area contributed by atoms with Crippen molar-refractivity contribution in [3.63, 3.8) is 0 Å². The number of amides is 1. The van der Waals surface area contributed by atoms with Crippen molar-refractivity contribution in [2.24, 2.45) is 0 Å². The van der Waals surface area contributed by atoms with Crippen molar-refractivity contribution < 1.29 is 31.8 Å². The van der Waals surface area contributed by atoms with Crippen molar-refractivity contribution in [1.82, 2.24) is 0 Å². The summed E-state index contributed by atoms with van der Waals surface area (Å²) in [6, 6.07) is 9.90. The van der Waals surface area contributed by atoms with E-state index >= 15 is 0 Å². The largest absolute Gasteiger partial charge is 0.497 e. The highest BCUT2D eigenvalue weighted by Gasteiger charge is 2.39. The van der Waals surface area contributed by atoms with Gasteiger partial charge in [0.05, 0.1) is 7.11 Å². The van der Waals surface area contributed by atoms with Gasteiger partial charge in [0.15, 0.2) is 6.61 Å². The van der Waals surface area contributed by atoms with Crippen LogP contribution in [0.25, 0.3) is 5.57 Å². The minimum atomic E-state index is -4.98. The monoisotopic (exact) mass is 425 g/mol. The third kappa shape index (κ3) is 5.98. The molecule has 0 aliphatic carbocycles. The van der Waals surface area contributed by atoms with Gasteiger partial charge in [0.2, 0.25) is 0 Å². The topological polar surface area (TPSA) is 38.8 Å². The number of carbonyl (C=O) groups excluding carboxylic acids is 1. The summed E-state index contributed by atoms with van der Waals surface area (Å²) in [5, 5.41) is 0. The zero-order valence-electron chi connectivity index (χ0n) is 16.9. The molecule has 2 rings (SSSR count). The Hall–Kier alpha value is -3.03. The molecule has 0 aliphatic heterocycles. The number of rotatable bonds is 8. The van der Waals surface area contributed by atoms with E-state index in [1.54, 1.807) is 31.2 Å². The molecule has 0 bridgehead atoms. The van der Waals surface area contributed by atoms with Crippen molar-refractivity contribution in [2.45, 2.75) is 26.4 Å². The highest BCUT2D eigenvalue weighted by Crippen LogP contribution is 2.37. The van der Waals surface area contributed by atoms with Crippen molar-refractivity contribution in [1.29, 1.82) is 0 Å².